The number of rotatable bonds is 10. The largest absolute Gasteiger partial charge is 0.362 e. The Bertz CT molecular complexity index is 583. The van der Waals surface area contributed by atoms with Gasteiger partial charge in [-0.3, -0.25) is 4.57 Å². The molecule has 0 aliphatic heterocycles. The standard InChI is InChI=1S/C21H35O3P/c1-17(2)11-9-12-20(7)13-10-14-21(8)15-16-25(22,23-18(3)4)24-19(5)6/h10-11,13-14,16,18-19H,9,12H2,1-8H3/b14-10+,20-13+. The molecule has 0 fully saturated rings. The summed E-state index contributed by atoms with van der Waals surface area (Å²) in [5.41, 5.74) is 6.56. The third-order valence-electron chi connectivity index (χ3n) is 2.98. The minimum absolute atomic E-state index is 0.176. The maximum Gasteiger partial charge on any atom is 0.362 e. The van der Waals surface area contributed by atoms with E-state index in [9.17, 15) is 4.57 Å². The molecule has 0 radical (unpaired) electrons. The second-order valence-corrected chi connectivity index (χ2v) is 8.76. The average molecular weight is 366 g/mol. The van der Waals surface area contributed by atoms with Crippen LogP contribution in [-0.4, -0.2) is 12.2 Å². The van der Waals surface area contributed by atoms with Gasteiger partial charge in [0.1, 0.15) is 0 Å². The van der Waals surface area contributed by atoms with Crippen molar-refractivity contribution in [3.63, 3.8) is 0 Å². The Morgan fingerprint density at radius 2 is 1.60 bits per heavy atom. The Labute approximate surface area is 154 Å². The fourth-order valence-electron chi connectivity index (χ4n) is 1.93. The maximum atomic E-state index is 12.7. The summed E-state index contributed by atoms with van der Waals surface area (Å²) in [5.74, 6) is 1.43. The molecule has 0 atom stereocenters. The van der Waals surface area contributed by atoms with Gasteiger partial charge in [-0.15, -0.1) is 5.73 Å². The van der Waals surface area contributed by atoms with E-state index in [2.05, 4.69) is 38.7 Å². The highest BCUT2D eigenvalue weighted by molar-refractivity contribution is 7.57. The SMILES string of the molecule is CC(=C=CP(=O)(OC(C)C)OC(C)C)/C=C/C=C(\C)CCC=C(C)C. The summed E-state index contributed by atoms with van der Waals surface area (Å²) in [4.78, 5) is 0. The van der Waals surface area contributed by atoms with Crippen LogP contribution in [0.25, 0.3) is 0 Å². The van der Waals surface area contributed by atoms with Crippen LogP contribution in [-0.2, 0) is 13.6 Å². The zero-order valence-electron chi connectivity index (χ0n) is 17.1. The number of hydrogen-bond acceptors (Lipinski definition) is 3. The van der Waals surface area contributed by atoms with Crippen molar-refractivity contribution in [1.29, 1.82) is 0 Å². The van der Waals surface area contributed by atoms with Crippen LogP contribution < -0.4 is 0 Å². The van der Waals surface area contributed by atoms with Gasteiger partial charge in [0.25, 0.3) is 0 Å². The molecule has 0 aliphatic carbocycles. The van der Waals surface area contributed by atoms with Gasteiger partial charge >= 0.3 is 7.60 Å². The summed E-state index contributed by atoms with van der Waals surface area (Å²) >= 11 is 0. The minimum Gasteiger partial charge on any atom is -0.302 e. The summed E-state index contributed by atoms with van der Waals surface area (Å²) in [6.07, 6.45) is 10.0. The van der Waals surface area contributed by atoms with Gasteiger partial charge in [-0.2, -0.15) is 0 Å². The molecule has 25 heavy (non-hydrogen) atoms. The Morgan fingerprint density at radius 3 is 2.08 bits per heavy atom. The van der Waals surface area contributed by atoms with Crippen molar-refractivity contribution in [3.05, 3.63) is 52.6 Å². The fourth-order valence-corrected chi connectivity index (χ4v) is 3.64. The van der Waals surface area contributed by atoms with E-state index in [0.717, 1.165) is 18.4 Å². The predicted octanol–water partition coefficient (Wildman–Crippen LogP) is 7.34. The highest BCUT2D eigenvalue weighted by atomic mass is 31.2. The lowest BCUT2D eigenvalue weighted by molar-refractivity contribution is 0.149. The van der Waals surface area contributed by atoms with Gasteiger partial charge in [0.2, 0.25) is 0 Å². The van der Waals surface area contributed by atoms with Crippen LogP contribution in [0.15, 0.2) is 52.6 Å². The first kappa shape index (κ1) is 23.9. The maximum absolute atomic E-state index is 12.7. The summed E-state index contributed by atoms with van der Waals surface area (Å²) in [6.45, 7) is 15.6. The summed E-state index contributed by atoms with van der Waals surface area (Å²) in [6, 6.07) is 0. The molecular weight excluding hydrogens is 331 g/mol. The Hall–Kier alpha value is -1.11. The molecule has 0 heterocycles. The van der Waals surface area contributed by atoms with E-state index in [1.54, 1.807) is 0 Å². The Morgan fingerprint density at radius 1 is 1.04 bits per heavy atom. The van der Waals surface area contributed by atoms with Crippen LogP contribution >= 0.6 is 7.60 Å². The van der Waals surface area contributed by atoms with Gasteiger partial charge in [0.05, 0.1) is 18.0 Å². The van der Waals surface area contributed by atoms with Gasteiger partial charge in [-0.25, -0.2) is 0 Å². The van der Waals surface area contributed by atoms with Crippen molar-refractivity contribution < 1.29 is 13.6 Å². The van der Waals surface area contributed by atoms with Crippen LogP contribution in [0, 0.1) is 0 Å². The molecule has 142 valence electrons. The van der Waals surface area contributed by atoms with E-state index in [0.29, 0.717) is 0 Å². The molecular formula is C21H35O3P. The van der Waals surface area contributed by atoms with Crippen molar-refractivity contribution in [2.75, 3.05) is 0 Å². The van der Waals surface area contributed by atoms with Crippen molar-refractivity contribution in [2.45, 2.75) is 80.4 Å². The first-order chi connectivity index (χ1) is 11.5. The molecule has 0 aromatic rings. The second kappa shape index (κ2) is 12.3. The van der Waals surface area contributed by atoms with E-state index in [4.69, 9.17) is 9.05 Å². The van der Waals surface area contributed by atoms with E-state index >= 15 is 0 Å². The van der Waals surface area contributed by atoms with Crippen LogP contribution in [0.5, 0.6) is 0 Å². The molecule has 0 N–H and O–H groups in total. The van der Waals surface area contributed by atoms with Crippen molar-refractivity contribution in [2.24, 2.45) is 0 Å². The van der Waals surface area contributed by atoms with Gasteiger partial charge in [0.15, 0.2) is 0 Å². The zero-order chi connectivity index (χ0) is 19.5. The topological polar surface area (TPSA) is 35.5 Å². The lowest BCUT2D eigenvalue weighted by Gasteiger charge is -2.18. The quantitative estimate of drug-likeness (QED) is 0.176. The second-order valence-electron chi connectivity index (χ2n) is 7.00. The molecule has 0 saturated carbocycles. The normalized spacial score (nSPS) is 12.6. The minimum atomic E-state index is -3.27. The van der Waals surface area contributed by atoms with E-state index < -0.39 is 7.60 Å². The highest BCUT2D eigenvalue weighted by Crippen LogP contribution is 2.51. The van der Waals surface area contributed by atoms with Crippen molar-refractivity contribution in [3.8, 4) is 0 Å². The van der Waals surface area contributed by atoms with Gasteiger partial charge in [-0.05, 0) is 73.8 Å². The molecule has 0 amide bonds. The predicted molar refractivity (Wildman–Crippen MR) is 109 cm³/mol. The first-order valence-corrected chi connectivity index (χ1v) is 10.5. The summed E-state index contributed by atoms with van der Waals surface area (Å²) in [7, 11) is -3.27. The van der Waals surface area contributed by atoms with Crippen LogP contribution in [0.4, 0.5) is 0 Å². The number of allylic oxidation sites excluding steroid dienone is 7. The smallest absolute Gasteiger partial charge is 0.302 e. The highest BCUT2D eigenvalue weighted by Gasteiger charge is 2.24. The monoisotopic (exact) mass is 366 g/mol. The van der Waals surface area contributed by atoms with E-state index in [-0.39, 0.29) is 12.2 Å². The van der Waals surface area contributed by atoms with E-state index in [1.807, 2.05) is 46.8 Å². The summed E-state index contributed by atoms with van der Waals surface area (Å²) < 4.78 is 23.6. The molecule has 3 nitrogen and oxygen atoms in total. The molecule has 0 unspecified atom stereocenters. The van der Waals surface area contributed by atoms with Crippen LogP contribution in [0.2, 0.25) is 0 Å². The molecule has 0 spiro atoms. The fraction of sp³-hybridized carbons (Fsp3) is 0.571. The van der Waals surface area contributed by atoms with Gasteiger partial charge < -0.3 is 9.05 Å². The van der Waals surface area contributed by atoms with Gasteiger partial charge in [-0.1, -0.05) is 35.5 Å². The molecule has 0 bridgehead atoms. The Kier molecular flexibility index (Phi) is 11.7. The number of hydrogen-bond donors (Lipinski definition) is 0. The first-order valence-electron chi connectivity index (χ1n) is 8.92. The lowest BCUT2D eigenvalue weighted by atomic mass is 10.1. The molecule has 4 heteroatoms. The van der Waals surface area contributed by atoms with Crippen LogP contribution in [0.1, 0.15) is 68.2 Å². The zero-order valence-corrected chi connectivity index (χ0v) is 18.0. The lowest BCUT2D eigenvalue weighted by Crippen LogP contribution is -2.06. The molecule has 0 saturated heterocycles. The van der Waals surface area contributed by atoms with Gasteiger partial charge in [0, 0.05) is 0 Å². The third-order valence-corrected chi connectivity index (χ3v) is 4.86. The van der Waals surface area contributed by atoms with E-state index in [1.165, 1.54) is 17.0 Å². The average Bonchev–Trinajstić information content (AvgIpc) is 2.43. The van der Waals surface area contributed by atoms with Crippen molar-refractivity contribution >= 4 is 7.60 Å². The third kappa shape index (κ3) is 13.8. The molecule has 0 aromatic heterocycles. The molecule has 0 aromatic carbocycles. The summed E-state index contributed by atoms with van der Waals surface area (Å²) in [5, 5.41) is 0. The van der Waals surface area contributed by atoms with Crippen LogP contribution in [0.3, 0.4) is 0 Å². The molecule has 0 rings (SSSR count). The van der Waals surface area contributed by atoms with Crippen molar-refractivity contribution in [1.82, 2.24) is 0 Å². The Balaban J connectivity index is 4.98. The molecule has 0 aliphatic rings.